The van der Waals surface area contributed by atoms with Crippen LogP contribution in [0, 0.1) is 0 Å². The Labute approximate surface area is 509 Å². The quantitative estimate of drug-likeness (QED) is 0.0822. The van der Waals surface area contributed by atoms with Crippen LogP contribution in [0.4, 0.5) is 30.6 Å². The molecule has 2 aliphatic heterocycles. The van der Waals surface area contributed by atoms with Crippen molar-refractivity contribution >= 4 is 59.0 Å². The molecule has 4 N–H and O–H groups in total. The number of imide groups is 1. The number of nitrogens with two attached hydrogens (primary N) is 1. The minimum absolute atomic E-state index is 0. The number of allylic oxidation sites excluding steroid dienone is 2. The molecule has 2 aromatic heterocycles. The molecule has 2 aliphatic carbocycles. The van der Waals surface area contributed by atoms with Crippen LogP contribution in [0.25, 0.3) is 45.8 Å². The Morgan fingerprint density at radius 2 is 0.954 bits per heavy atom. The topological polar surface area (TPSA) is 198 Å². The van der Waals surface area contributed by atoms with E-state index < -0.39 is 23.4 Å². The van der Waals surface area contributed by atoms with Gasteiger partial charge in [0, 0.05) is 29.9 Å². The number of fused-ring (bicyclic) bond motifs is 2. The molecule has 6 aromatic carbocycles. The molecule has 0 radical (unpaired) electrons. The Morgan fingerprint density at radius 3 is 1.39 bits per heavy atom. The molecule has 87 heavy (non-hydrogen) atoms. The predicted octanol–water partition coefficient (Wildman–Crippen LogP) is 16.2. The minimum Gasteiger partial charge on any atom is -0.445 e. The molecule has 8 aromatic rings. The molecule has 448 valence electrons. The number of hydrogen-bond acceptors (Lipinski definition) is 11. The van der Waals surface area contributed by atoms with E-state index in [0.29, 0.717) is 25.2 Å². The van der Waals surface area contributed by atoms with Crippen LogP contribution in [0.2, 0.25) is 0 Å². The average molecular weight is 1170 g/mol. The number of amides is 4. The molecule has 12 rings (SSSR count). The molecule has 4 aliphatic rings. The standard InChI is InChI=1S/C40H44N4O6.C30H28N4O2.CH4/c1-39(2,3)49-37(46)44(38(47)50-40(4,5)6)32-19-18-29-21-30(22-31(29)23-32)27-14-16-28(17-15-27)33-24-34(42-41-33)35-13-10-20-43(35)36(45)48-25-26-11-8-7-9-12-26;31-26-13-12-23-15-24(16-25(23)17-26)21-8-10-22(11-9-21)27-18-28(33-32-27)29-7-4-14-34(29)30(35)36-19-20-5-2-1-3-6-20;/h7-9,11-12,14-19,22-24,35H,10,13,20-21,25H2,1-6H3,(H,41,42);1-3,5-6,8-13,16-18,29H,4,7,14-15,19,31H2,(H,32,33);1H4/t35-;29-;/m00./s1. The van der Waals surface area contributed by atoms with Gasteiger partial charge >= 0.3 is 24.4 Å². The van der Waals surface area contributed by atoms with Crippen LogP contribution in [-0.2, 0) is 45.0 Å². The number of rotatable bonds is 11. The SMILES string of the molecule is C.CC(C)(C)OC(=O)N(C(=O)OC(C)(C)C)c1ccc2c(c1)C=C(c1ccc(-c3cc([C@@H]4CCCN4C(=O)OCc4ccccc4)[nH]n3)cc1)C2.Nc1ccc2c(c1)C=C(c1ccc(-c3cc([C@@H]4CCCN4C(=O)OCc4ccccc4)[nH]n3)cc1)C2. The van der Waals surface area contributed by atoms with E-state index in [-0.39, 0.29) is 44.9 Å². The number of nitrogens with one attached hydrogen (secondary N) is 2. The second-order valence-corrected chi connectivity index (χ2v) is 24.2. The van der Waals surface area contributed by atoms with Crippen molar-refractivity contribution in [1.82, 2.24) is 30.2 Å². The maximum atomic E-state index is 13.2. The number of hydrogen-bond donors (Lipinski definition) is 3. The highest BCUT2D eigenvalue weighted by Crippen LogP contribution is 2.39. The maximum Gasteiger partial charge on any atom is 0.424 e. The highest BCUT2D eigenvalue weighted by molar-refractivity contribution is 6.10. The second kappa shape index (κ2) is 25.9. The molecule has 2 atom stereocenters. The molecule has 0 spiro atoms. The number of carbonyl (C=O) groups excluding carboxylic acids is 4. The number of aromatic nitrogens is 4. The summed E-state index contributed by atoms with van der Waals surface area (Å²) in [5.41, 5.74) is 22.1. The monoisotopic (exact) mass is 1170 g/mol. The highest BCUT2D eigenvalue weighted by Gasteiger charge is 2.36. The van der Waals surface area contributed by atoms with E-state index in [1.807, 2.05) is 103 Å². The van der Waals surface area contributed by atoms with Gasteiger partial charge in [-0.2, -0.15) is 15.1 Å². The molecule has 4 heterocycles. The fourth-order valence-corrected chi connectivity index (χ4v) is 11.3. The third-order valence-electron chi connectivity index (χ3n) is 15.5. The number of likely N-dealkylation sites (tertiary alicyclic amines) is 2. The first-order chi connectivity index (χ1) is 41.4. The van der Waals surface area contributed by atoms with Gasteiger partial charge in [-0.1, -0.05) is 141 Å². The lowest BCUT2D eigenvalue weighted by molar-refractivity contribution is 0.0430. The van der Waals surface area contributed by atoms with Crippen molar-refractivity contribution in [2.24, 2.45) is 0 Å². The lowest BCUT2D eigenvalue weighted by atomic mass is 10.0. The van der Waals surface area contributed by atoms with Crippen molar-refractivity contribution in [3.63, 3.8) is 0 Å². The van der Waals surface area contributed by atoms with E-state index in [1.54, 1.807) is 57.4 Å². The van der Waals surface area contributed by atoms with Gasteiger partial charge in [0.1, 0.15) is 24.4 Å². The number of aromatic amines is 2. The summed E-state index contributed by atoms with van der Waals surface area (Å²) in [5.74, 6) is 0. The summed E-state index contributed by atoms with van der Waals surface area (Å²) >= 11 is 0. The number of H-pyrrole nitrogens is 2. The molecule has 2 saturated heterocycles. The Hall–Kier alpha value is -9.70. The average Bonchev–Trinajstić information content (AvgIpc) is 2.48. The summed E-state index contributed by atoms with van der Waals surface area (Å²) in [6, 6.07) is 51.6. The lowest BCUT2D eigenvalue weighted by Crippen LogP contribution is -2.43. The van der Waals surface area contributed by atoms with E-state index in [9.17, 15) is 19.2 Å². The fourth-order valence-electron chi connectivity index (χ4n) is 11.3. The smallest absolute Gasteiger partial charge is 0.424 e. The maximum absolute atomic E-state index is 13.2. The zero-order chi connectivity index (χ0) is 60.1. The number of anilines is 2. The Bertz CT molecular complexity index is 3790. The van der Waals surface area contributed by atoms with E-state index in [4.69, 9.17) is 24.7 Å². The summed E-state index contributed by atoms with van der Waals surface area (Å²) in [6.45, 7) is 12.4. The molecule has 4 amide bonds. The van der Waals surface area contributed by atoms with Crippen LogP contribution in [0.3, 0.4) is 0 Å². The van der Waals surface area contributed by atoms with Gasteiger partial charge in [-0.25, -0.2) is 19.2 Å². The first-order valence-electron chi connectivity index (χ1n) is 29.3. The fraction of sp³-hybridized carbons (Fsp3) is 0.296. The van der Waals surface area contributed by atoms with Crippen LogP contribution >= 0.6 is 0 Å². The summed E-state index contributed by atoms with van der Waals surface area (Å²) in [4.78, 5) is 56.6. The molecule has 2 fully saturated rings. The Kier molecular flexibility index (Phi) is 18.0. The summed E-state index contributed by atoms with van der Waals surface area (Å²) < 4.78 is 22.3. The van der Waals surface area contributed by atoms with E-state index in [0.717, 1.165) is 110 Å². The first kappa shape index (κ1) is 60.4. The van der Waals surface area contributed by atoms with E-state index in [2.05, 4.69) is 81.1 Å². The summed E-state index contributed by atoms with van der Waals surface area (Å²) in [5, 5.41) is 15.5. The predicted molar refractivity (Wildman–Crippen MR) is 341 cm³/mol. The number of ether oxygens (including phenoxy) is 4. The molecule has 16 nitrogen and oxygen atoms in total. The van der Waals surface area contributed by atoms with Crippen LogP contribution < -0.4 is 10.6 Å². The van der Waals surface area contributed by atoms with Gasteiger partial charge in [0.05, 0.1) is 40.5 Å². The summed E-state index contributed by atoms with van der Waals surface area (Å²) in [7, 11) is 0. The van der Waals surface area contributed by atoms with Crippen LogP contribution in [0.5, 0.6) is 0 Å². The van der Waals surface area contributed by atoms with Crippen molar-refractivity contribution in [2.75, 3.05) is 23.7 Å². The highest BCUT2D eigenvalue weighted by atomic mass is 16.6. The molecule has 0 saturated carbocycles. The van der Waals surface area contributed by atoms with Crippen molar-refractivity contribution in [1.29, 1.82) is 0 Å². The third-order valence-corrected chi connectivity index (χ3v) is 15.5. The van der Waals surface area contributed by atoms with Crippen molar-refractivity contribution < 1.29 is 38.1 Å². The van der Waals surface area contributed by atoms with Gasteiger partial charge < -0.3 is 24.7 Å². The second-order valence-electron chi connectivity index (χ2n) is 24.2. The molecular weight excluding hydrogens is 1090 g/mol. The van der Waals surface area contributed by atoms with Gasteiger partial charge in [-0.05, 0) is 172 Å². The molecule has 0 bridgehead atoms. The number of nitrogen functional groups attached to an aromatic ring is 1. The van der Waals surface area contributed by atoms with Crippen molar-refractivity contribution in [3.8, 4) is 22.5 Å². The normalized spacial score (nSPS) is 15.9. The summed E-state index contributed by atoms with van der Waals surface area (Å²) in [6.07, 6.45) is 7.29. The van der Waals surface area contributed by atoms with Crippen molar-refractivity contribution in [3.05, 3.63) is 214 Å². The van der Waals surface area contributed by atoms with E-state index in [1.165, 1.54) is 22.3 Å². The van der Waals surface area contributed by atoms with Gasteiger partial charge in [0.25, 0.3) is 0 Å². The van der Waals surface area contributed by atoms with Crippen LogP contribution in [0.15, 0.2) is 158 Å². The van der Waals surface area contributed by atoms with E-state index >= 15 is 0 Å². The van der Waals surface area contributed by atoms with Gasteiger partial charge in [-0.15, -0.1) is 0 Å². The Morgan fingerprint density at radius 1 is 0.540 bits per heavy atom. The largest absolute Gasteiger partial charge is 0.445 e. The molecular formula is C71H76N8O8. The first-order valence-corrected chi connectivity index (χ1v) is 29.3. The Balaban J connectivity index is 0.000000200. The van der Waals surface area contributed by atoms with Gasteiger partial charge in [0.2, 0.25) is 0 Å². The third kappa shape index (κ3) is 14.5. The minimum atomic E-state index is -0.797. The van der Waals surface area contributed by atoms with Gasteiger partial charge in [-0.3, -0.25) is 20.0 Å². The molecule has 16 heteroatoms. The number of nitrogens with zero attached hydrogens (tertiary/aromatic N) is 5. The lowest BCUT2D eigenvalue weighted by Gasteiger charge is -2.28. The van der Waals surface area contributed by atoms with Gasteiger partial charge in [0.15, 0.2) is 0 Å². The zero-order valence-electron chi connectivity index (χ0n) is 49.5. The number of benzene rings is 6. The number of carbonyl (C=O) groups is 4. The van der Waals surface area contributed by atoms with Crippen LogP contribution in [0.1, 0.15) is 143 Å². The van der Waals surface area contributed by atoms with Crippen LogP contribution in [-0.4, -0.2) is 78.9 Å². The zero-order valence-corrected chi connectivity index (χ0v) is 49.5. The van der Waals surface area contributed by atoms with Crippen molar-refractivity contribution in [2.45, 2.75) is 124 Å². The molecule has 0 unspecified atom stereocenters.